The number of amides is 1. The highest BCUT2D eigenvalue weighted by molar-refractivity contribution is 5.91. The molecule has 0 unspecified atom stereocenters. The summed E-state index contributed by atoms with van der Waals surface area (Å²) >= 11 is 0. The van der Waals surface area contributed by atoms with Gasteiger partial charge in [0.05, 0.1) is 43.7 Å². The minimum Gasteiger partial charge on any atom is -0.495 e. The Morgan fingerprint density at radius 3 is 2.76 bits per heavy atom. The largest absolute Gasteiger partial charge is 0.495 e. The van der Waals surface area contributed by atoms with E-state index in [1.165, 1.54) is 12.1 Å². The van der Waals surface area contributed by atoms with Crippen molar-refractivity contribution in [1.29, 1.82) is 0 Å². The molecule has 0 spiro atoms. The number of anilines is 1. The first-order chi connectivity index (χ1) is 16.0. The molecule has 2 aromatic carbocycles. The van der Waals surface area contributed by atoms with Gasteiger partial charge in [-0.05, 0) is 48.4 Å². The van der Waals surface area contributed by atoms with Crippen LogP contribution in [0.15, 0.2) is 55.0 Å². The number of imidazole rings is 1. The van der Waals surface area contributed by atoms with Gasteiger partial charge in [0.15, 0.2) is 0 Å². The van der Waals surface area contributed by atoms with Gasteiger partial charge in [0.25, 0.3) is 0 Å². The average Bonchev–Trinajstić information content (AvgIpc) is 3.28. The topological polar surface area (TPSA) is 68.6 Å². The molecule has 0 bridgehead atoms. The van der Waals surface area contributed by atoms with Crippen LogP contribution in [0.2, 0.25) is 0 Å². The van der Waals surface area contributed by atoms with E-state index in [1.54, 1.807) is 31.6 Å². The summed E-state index contributed by atoms with van der Waals surface area (Å²) in [6.45, 7) is 4.70. The normalized spacial score (nSPS) is 14.0. The first-order valence-electron chi connectivity index (χ1n) is 10.8. The van der Waals surface area contributed by atoms with E-state index < -0.39 is 0 Å². The van der Waals surface area contributed by atoms with Crippen LogP contribution in [0.1, 0.15) is 16.8 Å². The number of hydrogen-bond acceptors (Lipinski definition) is 5. The van der Waals surface area contributed by atoms with E-state index in [1.807, 2.05) is 40.8 Å². The number of morpholine rings is 1. The maximum atomic E-state index is 14.3. The van der Waals surface area contributed by atoms with Gasteiger partial charge in [-0.1, -0.05) is 12.1 Å². The molecule has 1 aliphatic heterocycles. The molecule has 0 saturated carbocycles. The molecule has 1 aliphatic rings. The van der Waals surface area contributed by atoms with Gasteiger partial charge in [-0.25, -0.2) is 9.37 Å². The molecule has 1 N–H and O–H groups in total. The van der Waals surface area contributed by atoms with E-state index in [2.05, 4.69) is 10.3 Å². The summed E-state index contributed by atoms with van der Waals surface area (Å²) < 4.78 is 27.0. The lowest BCUT2D eigenvalue weighted by Gasteiger charge is -2.29. The highest BCUT2D eigenvalue weighted by Crippen LogP contribution is 2.25. The van der Waals surface area contributed by atoms with Crippen LogP contribution in [-0.2, 0) is 16.1 Å². The van der Waals surface area contributed by atoms with E-state index in [0.717, 1.165) is 22.5 Å². The standard InChI is InChI=1S/C25H27FN4O3/c1-18-16-30(17-28-18)22-7-4-19(14-24(22)32-2)5-8-25(31)27-15-20-3-6-21(26)23(13-20)29-9-11-33-12-10-29/h3-8,13-14,16-17H,9-12,15H2,1-2H3,(H,27,31). The van der Waals surface area contributed by atoms with Crippen LogP contribution in [0.4, 0.5) is 10.1 Å². The van der Waals surface area contributed by atoms with Crippen LogP contribution < -0.4 is 15.0 Å². The average molecular weight is 451 g/mol. The number of nitrogens with zero attached hydrogens (tertiary/aromatic N) is 3. The first kappa shape index (κ1) is 22.5. The molecule has 172 valence electrons. The number of aromatic nitrogens is 2. The Morgan fingerprint density at radius 1 is 1.21 bits per heavy atom. The zero-order chi connectivity index (χ0) is 23.2. The van der Waals surface area contributed by atoms with Gasteiger partial charge in [-0.3, -0.25) is 4.79 Å². The van der Waals surface area contributed by atoms with Crippen LogP contribution in [0.25, 0.3) is 11.8 Å². The van der Waals surface area contributed by atoms with Crippen molar-refractivity contribution in [2.75, 3.05) is 38.3 Å². The minimum atomic E-state index is -0.268. The second-order valence-corrected chi connectivity index (χ2v) is 7.79. The molecule has 7 nitrogen and oxygen atoms in total. The molecule has 0 atom stereocenters. The Morgan fingerprint density at radius 2 is 2.03 bits per heavy atom. The van der Waals surface area contributed by atoms with Gasteiger partial charge in [-0.2, -0.15) is 0 Å². The molecular weight excluding hydrogens is 423 g/mol. The maximum absolute atomic E-state index is 14.3. The second kappa shape index (κ2) is 10.3. The maximum Gasteiger partial charge on any atom is 0.244 e. The lowest BCUT2D eigenvalue weighted by Crippen LogP contribution is -2.36. The van der Waals surface area contributed by atoms with E-state index >= 15 is 0 Å². The fourth-order valence-electron chi connectivity index (χ4n) is 3.70. The van der Waals surface area contributed by atoms with Crippen LogP contribution in [0.5, 0.6) is 5.75 Å². The van der Waals surface area contributed by atoms with Crippen LogP contribution >= 0.6 is 0 Å². The molecule has 0 radical (unpaired) electrons. The van der Waals surface area contributed by atoms with Gasteiger partial charge in [0, 0.05) is 31.9 Å². The highest BCUT2D eigenvalue weighted by atomic mass is 19.1. The van der Waals surface area contributed by atoms with Crippen molar-refractivity contribution in [3.8, 4) is 11.4 Å². The van der Waals surface area contributed by atoms with Crippen LogP contribution in [0, 0.1) is 12.7 Å². The van der Waals surface area contributed by atoms with E-state index in [4.69, 9.17) is 9.47 Å². The van der Waals surface area contributed by atoms with E-state index in [0.29, 0.717) is 44.3 Å². The molecule has 33 heavy (non-hydrogen) atoms. The Bertz CT molecular complexity index is 1150. The molecule has 1 saturated heterocycles. The van der Waals surface area contributed by atoms with Crippen LogP contribution in [0.3, 0.4) is 0 Å². The predicted molar refractivity (Wildman–Crippen MR) is 125 cm³/mol. The third kappa shape index (κ3) is 5.59. The van der Waals surface area contributed by atoms with Crippen LogP contribution in [-0.4, -0.2) is 48.9 Å². The smallest absolute Gasteiger partial charge is 0.244 e. The quantitative estimate of drug-likeness (QED) is 0.558. The van der Waals surface area contributed by atoms with Gasteiger partial charge in [0.1, 0.15) is 11.6 Å². The minimum absolute atomic E-state index is 0.236. The Labute approximate surface area is 192 Å². The molecule has 4 rings (SSSR count). The molecule has 0 aliphatic carbocycles. The number of hydrogen-bond donors (Lipinski definition) is 1. The first-order valence-corrected chi connectivity index (χ1v) is 10.8. The number of carbonyl (C=O) groups is 1. The van der Waals surface area contributed by atoms with Crippen molar-refractivity contribution >= 4 is 17.7 Å². The predicted octanol–water partition coefficient (Wildman–Crippen LogP) is 3.49. The summed E-state index contributed by atoms with van der Waals surface area (Å²) in [7, 11) is 1.61. The monoisotopic (exact) mass is 450 g/mol. The summed E-state index contributed by atoms with van der Waals surface area (Å²) in [4.78, 5) is 18.6. The molecule has 8 heteroatoms. The van der Waals surface area contributed by atoms with Gasteiger partial charge in [-0.15, -0.1) is 0 Å². The fourth-order valence-corrected chi connectivity index (χ4v) is 3.70. The van der Waals surface area contributed by atoms with Gasteiger partial charge >= 0.3 is 0 Å². The number of rotatable bonds is 7. The summed E-state index contributed by atoms with van der Waals surface area (Å²) in [5.41, 5.74) is 3.99. The molecular formula is C25H27FN4O3. The molecule has 1 fully saturated rings. The lowest BCUT2D eigenvalue weighted by molar-refractivity contribution is -0.116. The number of methoxy groups -OCH3 is 1. The number of benzene rings is 2. The van der Waals surface area contributed by atoms with Gasteiger partial charge in [0.2, 0.25) is 5.91 Å². The summed E-state index contributed by atoms with van der Waals surface area (Å²) in [5, 5.41) is 2.85. The molecule has 1 amide bonds. The third-order valence-electron chi connectivity index (χ3n) is 5.45. The number of nitrogens with one attached hydrogen (secondary N) is 1. The summed E-state index contributed by atoms with van der Waals surface area (Å²) in [6, 6.07) is 10.6. The van der Waals surface area contributed by atoms with Crippen molar-refractivity contribution in [1.82, 2.24) is 14.9 Å². The van der Waals surface area contributed by atoms with Crippen molar-refractivity contribution in [3.05, 3.63) is 77.6 Å². The zero-order valence-corrected chi connectivity index (χ0v) is 18.8. The number of halogens is 1. The molecule has 3 aromatic rings. The summed E-state index contributed by atoms with van der Waals surface area (Å²) in [6.07, 6.45) is 6.85. The van der Waals surface area contributed by atoms with Crippen molar-refractivity contribution in [3.63, 3.8) is 0 Å². The van der Waals surface area contributed by atoms with Crippen molar-refractivity contribution in [2.45, 2.75) is 13.5 Å². The van der Waals surface area contributed by atoms with Gasteiger partial charge < -0.3 is 24.3 Å². The Balaban J connectivity index is 1.38. The van der Waals surface area contributed by atoms with Crippen molar-refractivity contribution in [2.24, 2.45) is 0 Å². The number of carbonyl (C=O) groups excluding carboxylic acids is 1. The second-order valence-electron chi connectivity index (χ2n) is 7.79. The Hall–Kier alpha value is -3.65. The SMILES string of the molecule is COc1cc(C=CC(=O)NCc2ccc(F)c(N3CCOCC3)c2)ccc1-n1cnc(C)c1. The molecule has 2 heterocycles. The Kier molecular flexibility index (Phi) is 7.04. The fraction of sp³-hybridized carbons (Fsp3) is 0.280. The van der Waals surface area contributed by atoms with E-state index in [-0.39, 0.29) is 11.7 Å². The summed E-state index contributed by atoms with van der Waals surface area (Å²) in [5.74, 6) is 0.174. The number of ether oxygens (including phenoxy) is 2. The number of aryl methyl sites for hydroxylation is 1. The third-order valence-corrected chi connectivity index (χ3v) is 5.45. The zero-order valence-electron chi connectivity index (χ0n) is 18.8. The lowest BCUT2D eigenvalue weighted by atomic mass is 10.1. The molecule has 1 aromatic heterocycles. The van der Waals surface area contributed by atoms with Crippen molar-refractivity contribution < 1.29 is 18.7 Å². The highest BCUT2D eigenvalue weighted by Gasteiger charge is 2.15. The van der Waals surface area contributed by atoms with E-state index in [9.17, 15) is 9.18 Å².